The van der Waals surface area contributed by atoms with E-state index in [-0.39, 0.29) is 11.9 Å². The maximum absolute atomic E-state index is 11.6. The molecule has 16 heavy (non-hydrogen) atoms. The first-order valence-corrected chi connectivity index (χ1v) is 5.60. The molecule has 2 N–H and O–H groups in total. The summed E-state index contributed by atoms with van der Waals surface area (Å²) in [6, 6.07) is 0.188. The van der Waals surface area contributed by atoms with Crippen molar-refractivity contribution in [3.05, 3.63) is 17.8 Å². The monoisotopic (exact) mass is 223 g/mol. The van der Waals surface area contributed by atoms with Gasteiger partial charge in [0.05, 0.1) is 18.8 Å². The molecule has 0 aliphatic heterocycles. The van der Waals surface area contributed by atoms with Gasteiger partial charge in [-0.25, -0.2) is 4.98 Å². The lowest BCUT2D eigenvalue weighted by atomic mass is 10.3. The zero-order chi connectivity index (χ0) is 11.5. The number of oxazole rings is 1. The molecule has 1 unspecified atom stereocenters. The molecule has 1 heterocycles. The number of hydrogen-bond acceptors (Lipinski definition) is 4. The minimum absolute atomic E-state index is 0.0470. The normalized spacial score (nSPS) is 17.1. The van der Waals surface area contributed by atoms with Crippen molar-refractivity contribution >= 4 is 5.91 Å². The SMILES string of the molecule is Cc1cnc(CNC(C)C(=O)NC2CC2)o1. The van der Waals surface area contributed by atoms with Crippen LogP contribution in [0.15, 0.2) is 10.6 Å². The largest absolute Gasteiger partial charge is 0.445 e. The first-order chi connectivity index (χ1) is 7.65. The Morgan fingerprint density at radius 3 is 3.00 bits per heavy atom. The number of hydrogen-bond donors (Lipinski definition) is 2. The molecule has 1 atom stereocenters. The molecule has 88 valence electrons. The first kappa shape index (κ1) is 11.1. The van der Waals surface area contributed by atoms with E-state index in [0.29, 0.717) is 18.5 Å². The zero-order valence-electron chi connectivity index (χ0n) is 9.62. The van der Waals surface area contributed by atoms with Crippen molar-refractivity contribution in [1.82, 2.24) is 15.6 Å². The van der Waals surface area contributed by atoms with E-state index in [1.165, 1.54) is 0 Å². The number of aryl methyl sites for hydroxylation is 1. The molecule has 1 aromatic rings. The Morgan fingerprint density at radius 2 is 2.44 bits per heavy atom. The van der Waals surface area contributed by atoms with Gasteiger partial charge >= 0.3 is 0 Å². The third-order valence-corrected chi connectivity index (χ3v) is 2.55. The number of aromatic nitrogens is 1. The molecule has 1 aliphatic rings. The van der Waals surface area contributed by atoms with Crippen molar-refractivity contribution in [3.8, 4) is 0 Å². The van der Waals surface area contributed by atoms with Crippen molar-refractivity contribution < 1.29 is 9.21 Å². The van der Waals surface area contributed by atoms with E-state index in [4.69, 9.17) is 4.42 Å². The Kier molecular flexibility index (Phi) is 3.24. The molecule has 1 amide bonds. The number of carbonyl (C=O) groups is 1. The topological polar surface area (TPSA) is 67.2 Å². The van der Waals surface area contributed by atoms with Crippen LogP contribution in [0.5, 0.6) is 0 Å². The third-order valence-electron chi connectivity index (χ3n) is 2.55. The fraction of sp³-hybridized carbons (Fsp3) is 0.636. The third kappa shape index (κ3) is 3.06. The molecule has 0 aromatic carbocycles. The van der Waals surface area contributed by atoms with Gasteiger partial charge in [0.25, 0.3) is 0 Å². The van der Waals surface area contributed by atoms with E-state index in [1.807, 2.05) is 13.8 Å². The molecular formula is C11H17N3O2. The highest BCUT2D eigenvalue weighted by molar-refractivity contribution is 5.81. The Hall–Kier alpha value is -1.36. The van der Waals surface area contributed by atoms with Crippen LogP contribution in [0.2, 0.25) is 0 Å². The van der Waals surface area contributed by atoms with Gasteiger partial charge in [0, 0.05) is 6.04 Å². The van der Waals surface area contributed by atoms with Gasteiger partial charge in [0.1, 0.15) is 5.76 Å². The highest BCUT2D eigenvalue weighted by Gasteiger charge is 2.25. The molecule has 1 fully saturated rings. The predicted molar refractivity (Wildman–Crippen MR) is 58.7 cm³/mol. The van der Waals surface area contributed by atoms with Crippen molar-refractivity contribution in [2.75, 3.05) is 0 Å². The van der Waals surface area contributed by atoms with E-state index < -0.39 is 0 Å². The van der Waals surface area contributed by atoms with Gasteiger partial charge in [-0.3, -0.25) is 10.1 Å². The van der Waals surface area contributed by atoms with Crippen molar-refractivity contribution in [2.24, 2.45) is 0 Å². The number of nitrogens with zero attached hydrogens (tertiary/aromatic N) is 1. The Morgan fingerprint density at radius 1 is 1.69 bits per heavy atom. The molecule has 1 saturated carbocycles. The summed E-state index contributed by atoms with van der Waals surface area (Å²) in [5.41, 5.74) is 0. The van der Waals surface area contributed by atoms with Crippen LogP contribution in [0.25, 0.3) is 0 Å². The molecule has 1 aliphatic carbocycles. The molecular weight excluding hydrogens is 206 g/mol. The number of rotatable bonds is 5. The molecule has 5 heteroatoms. The van der Waals surface area contributed by atoms with Crippen LogP contribution < -0.4 is 10.6 Å². The number of amides is 1. The maximum Gasteiger partial charge on any atom is 0.237 e. The van der Waals surface area contributed by atoms with Crippen LogP contribution in [-0.2, 0) is 11.3 Å². The van der Waals surface area contributed by atoms with Crippen LogP contribution in [0, 0.1) is 6.92 Å². The van der Waals surface area contributed by atoms with Crippen LogP contribution >= 0.6 is 0 Å². The molecule has 0 radical (unpaired) electrons. The van der Waals surface area contributed by atoms with Gasteiger partial charge in [-0.1, -0.05) is 0 Å². The molecule has 0 saturated heterocycles. The summed E-state index contributed by atoms with van der Waals surface area (Å²) in [4.78, 5) is 15.7. The van der Waals surface area contributed by atoms with Crippen LogP contribution in [0.1, 0.15) is 31.4 Å². The smallest absolute Gasteiger partial charge is 0.237 e. The summed E-state index contributed by atoms with van der Waals surface area (Å²) < 4.78 is 5.30. The minimum atomic E-state index is -0.215. The Bertz CT molecular complexity index is 371. The summed E-state index contributed by atoms with van der Waals surface area (Å²) in [6.07, 6.45) is 3.89. The van der Waals surface area contributed by atoms with Crippen molar-refractivity contribution in [3.63, 3.8) is 0 Å². The van der Waals surface area contributed by atoms with Gasteiger partial charge in [-0.2, -0.15) is 0 Å². The van der Waals surface area contributed by atoms with E-state index in [0.717, 1.165) is 18.6 Å². The average Bonchev–Trinajstić information content (AvgIpc) is 2.96. The fourth-order valence-corrected chi connectivity index (χ4v) is 1.37. The van der Waals surface area contributed by atoms with Gasteiger partial charge in [-0.15, -0.1) is 0 Å². The predicted octanol–water partition coefficient (Wildman–Crippen LogP) is 0.740. The second kappa shape index (κ2) is 4.65. The molecule has 0 bridgehead atoms. The summed E-state index contributed by atoms with van der Waals surface area (Å²) in [7, 11) is 0. The lowest BCUT2D eigenvalue weighted by molar-refractivity contribution is -0.122. The second-order valence-corrected chi connectivity index (χ2v) is 4.25. The quantitative estimate of drug-likeness (QED) is 0.772. The van der Waals surface area contributed by atoms with Gasteiger partial charge < -0.3 is 9.73 Å². The summed E-state index contributed by atoms with van der Waals surface area (Å²) >= 11 is 0. The lowest BCUT2D eigenvalue weighted by Crippen LogP contribution is -2.42. The minimum Gasteiger partial charge on any atom is -0.445 e. The Labute approximate surface area is 94.6 Å². The van der Waals surface area contributed by atoms with E-state index in [1.54, 1.807) is 6.20 Å². The van der Waals surface area contributed by atoms with Crippen LogP contribution in [0.4, 0.5) is 0 Å². The average molecular weight is 223 g/mol. The van der Waals surface area contributed by atoms with Gasteiger partial charge in [-0.05, 0) is 26.7 Å². The summed E-state index contributed by atoms with van der Waals surface area (Å²) in [5, 5.41) is 6.02. The highest BCUT2D eigenvalue weighted by atomic mass is 16.4. The second-order valence-electron chi connectivity index (χ2n) is 4.25. The zero-order valence-corrected chi connectivity index (χ0v) is 9.62. The van der Waals surface area contributed by atoms with Gasteiger partial charge in [0.15, 0.2) is 0 Å². The first-order valence-electron chi connectivity index (χ1n) is 5.60. The lowest BCUT2D eigenvalue weighted by Gasteiger charge is -2.12. The number of nitrogens with one attached hydrogen (secondary N) is 2. The summed E-state index contributed by atoms with van der Waals surface area (Å²) in [5.74, 6) is 1.45. The van der Waals surface area contributed by atoms with E-state index in [2.05, 4.69) is 15.6 Å². The fourth-order valence-electron chi connectivity index (χ4n) is 1.37. The highest BCUT2D eigenvalue weighted by Crippen LogP contribution is 2.18. The standard InChI is InChI=1S/C11H17N3O2/c1-7-5-13-10(16-7)6-12-8(2)11(15)14-9-3-4-9/h5,8-9,12H,3-4,6H2,1-2H3,(H,14,15). The van der Waals surface area contributed by atoms with Crippen molar-refractivity contribution in [2.45, 2.75) is 45.3 Å². The molecule has 2 rings (SSSR count). The molecule has 5 nitrogen and oxygen atoms in total. The van der Waals surface area contributed by atoms with Crippen LogP contribution in [0.3, 0.4) is 0 Å². The molecule has 0 spiro atoms. The van der Waals surface area contributed by atoms with E-state index in [9.17, 15) is 4.79 Å². The Balaban J connectivity index is 1.73. The van der Waals surface area contributed by atoms with Crippen molar-refractivity contribution in [1.29, 1.82) is 0 Å². The summed E-state index contributed by atoms with van der Waals surface area (Å²) in [6.45, 7) is 4.17. The van der Waals surface area contributed by atoms with E-state index >= 15 is 0 Å². The molecule has 1 aromatic heterocycles. The van der Waals surface area contributed by atoms with Crippen LogP contribution in [-0.4, -0.2) is 23.0 Å². The van der Waals surface area contributed by atoms with Gasteiger partial charge in [0.2, 0.25) is 11.8 Å². The maximum atomic E-state index is 11.6. The number of carbonyl (C=O) groups excluding carboxylic acids is 1.